The zero-order chi connectivity index (χ0) is 12.1. The fraction of sp³-hybridized carbons (Fsp3) is 0.364. The third kappa shape index (κ3) is 3.47. The Kier molecular flexibility index (Phi) is 4.71. The van der Waals surface area contributed by atoms with E-state index in [9.17, 15) is 9.18 Å². The number of halogens is 2. The molecule has 5 heteroatoms. The normalized spacial score (nSPS) is 12.2. The SMILES string of the molecule is CC(O)C(=O)NCCc1c(F)cccc1Cl. The summed E-state index contributed by atoms with van der Waals surface area (Å²) in [5, 5.41) is 11.7. The van der Waals surface area contributed by atoms with E-state index in [0.29, 0.717) is 17.0 Å². The molecule has 1 amide bonds. The van der Waals surface area contributed by atoms with Crippen molar-refractivity contribution in [3.05, 3.63) is 34.6 Å². The minimum Gasteiger partial charge on any atom is -0.384 e. The van der Waals surface area contributed by atoms with Gasteiger partial charge in [0.2, 0.25) is 5.91 Å². The molecule has 0 aliphatic heterocycles. The maximum absolute atomic E-state index is 13.3. The van der Waals surface area contributed by atoms with Crippen LogP contribution >= 0.6 is 11.6 Å². The number of hydrogen-bond donors (Lipinski definition) is 2. The number of aliphatic hydroxyl groups excluding tert-OH is 1. The van der Waals surface area contributed by atoms with Crippen LogP contribution in [0.2, 0.25) is 5.02 Å². The smallest absolute Gasteiger partial charge is 0.248 e. The second-order valence-corrected chi connectivity index (χ2v) is 3.82. The molecule has 16 heavy (non-hydrogen) atoms. The first kappa shape index (κ1) is 12.9. The van der Waals surface area contributed by atoms with Gasteiger partial charge in [-0.15, -0.1) is 0 Å². The summed E-state index contributed by atoms with van der Waals surface area (Å²) in [7, 11) is 0. The molecule has 0 aromatic heterocycles. The molecule has 1 rings (SSSR count). The molecule has 0 radical (unpaired) electrons. The minimum absolute atomic E-state index is 0.240. The Morgan fingerprint density at radius 3 is 2.88 bits per heavy atom. The lowest BCUT2D eigenvalue weighted by atomic mass is 10.1. The number of nitrogens with one attached hydrogen (secondary N) is 1. The Morgan fingerprint density at radius 1 is 1.62 bits per heavy atom. The summed E-state index contributed by atoms with van der Waals surface area (Å²) in [6, 6.07) is 4.43. The van der Waals surface area contributed by atoms with Crippen LogP contribution in [0.5, 0.6) is 0 Å². The molecule has 0 heterocycles. The first-order valence-electron chi connectivity index (χ1n) is 4.91. The molecule has 1 aromatic rings. The van der Waals surface area contributed by atoms with E-state index in [1.54, 1.807) is 6.07 Å². The van der Waals surface area contributed by atoms with Crippen LogP contribution in [-0.4, -0.2) is 23.7 Å². The molecule has 0 aliphatic rings. The fourth-order valence-electron chi connectivity index (χ4n) is 1.23. The molecule has 0 saturated heterocycles. The Hall–Kier alpha value is -1.13. The van der Waals surface area contributed by atoms with Gasteiger partial charge in [-0.2, -0.15) is 0 Å². The Balaban J connectivity index is 2.52. The van der Waals surface area contributed by atoms with E-state index < -0.39 is 17.8 Å². The Labute approximate surface area is 98.2 Å². The first-order valence-corrected chi connectivity index (χ1v) is 5.29. The lowest BCUT2D eigenvalue weighted by Crippen LogP contribution is -2.33. The van der Waals surface area contributed by atoms with Crippen molar-refractivity contribution in [2.75, 3.05) is 6.54 Å². The Bertz CT molecular complexity index is 362. The van der Waals surface area contributed by atoms with E-state index in [0.717, 1.165) is 0 Å². The van der Waals surface area contributed by atoms with Crippen molar-refractivity contribution in [3.8, 4) is 0 Å². The molecule has 1 atom stereocenters. The quantitative estimate of drug-likeness (QED) is 0.845. The number of benzene rings is 1. The van der Waals surface area contributed by atoms with Crippen molar-refractivity contribution in [1.82, 2.24) is 5.32 Å². The minimum atomic E-state index is -1.06. The van der Waals surface area contributed by atoms with Gasteiger partial charge in [0.1, 0.15) is 11.9 Å². The van der Waals surface area contributed by atoms with Crippen molar-refractivity contribution < 1.29 is 14.3 Å². The second kappa shape index (κ2) is 5.82. The van der Waals surface area contributed by atoms with E-state index in [-0.39, 0.29) is 6.54 Å². The van der Waals surface area contributed by atoms with Gasteiger partial charge in [0.25, 0.3) is 0 Å². The fourth-order valence-corrected chi connectivity index (χ4v) is 1.49. The predicted octanol–water partition coefficient (Wildman–Crippen LogP) is 1.52. The molecule has 0 aliphatic carbocycles. The zero-order valence-corrected chi connectivity index (χ0v) is 9.59. The average Bonchev–Trinajstić information content (AvgIpc) is 2.22. The van der Waals surface area contributed by atoms with E-state index >= 15 is 0 Å². The van der Waals surface area contributed by atoms with Crippen LogP contribution in [0.25, 0.3) is 0 Å². The zero-order valence-electron chi connectivity index (χ0n) is 8.84. The van der Waals surface area contributed by atoms with E-state index in [4.69, 9.17) is 16.7 Å². The van der Waals surface area contributed by atoms with Gasteiger partial charge < -0.3 is 10.4 Å². The van der Waals surface area contributed by atoms with Gasteiger partial charge in [-0.1, -0.05) is 17.7 Å². The second-order valence-electron chi connectivity index (χ2n) is 3.42. The lowest BCUT2D eigenvalue weighted by molar-refractivity contribution is -0.128. The van der Waals surface area contributed by atoms with Gasteiger partial charge in [0.15, 0.2) is 0 Å². The summed E-state index contributed by atoms with van der Waals surface area (Å²) in [4.78, 5) is 11.0. The molecule has 0 fully saturated rings. The number of carbonyl (C=O) groups is 1. The summed E-state index contributed by atoms with van der Waals surface area (Å²) in [5.74, 6) is -0.869. The summed E-state index contributed by atoms with van der Waals surface area (Å²) in [6.07, 6.45) is -0.764. The molecule has 88 valence electrons. The number of hydrogen-bond acceptors (Lipinski definition) is 2. The number of aliphatic hydroxyl groups is 1. The molecule has 1 aromatic carbocycles. The van der Waals surface area contributed by atoms with Crippen molar-refractivity contribution in [2.24, 2.45) is 0 Å². The van der Waals surface area contributed by atoms with Crippen LogP contribution in [0, 0.1) is 5.82 Å². The molecular weight excluding hydrogens is 233 g/mol. The predicted molar refractivity (Wildman–Crippen MR) is 59.8 cm³/mol. The largest absolute Gasteiger partial charge is 0.384 e. The van der Waals surface area contributed by atoms with Crippen LogP contribution in [0.4, 0.5) is 4.39 Å². The van der Waals surface area contributed by atoms with E-state index in [1.165, 1.54) is 19.1 Å². The molecule has 1 unspecified atom stereocenters. The van der Waals surface area contributed by atoms with Gasteiger partial charge in [0.05, 0.1) is 0 Å². The molecule has 0 spiro atoms. The van der Waals surface area contributed by atoms with Crippen molar-refractivity contribution in [1.29, 1.82) is 0 Å². The van der Waals surface area contributed by atoms with Gasteiger partial charge >= 0.3 is 0 Å². The maximum Gasteiger partial charge on any atom is 0.248 e. The van der Waals surface area contributed by atoms with Crippen molar-refractivity contribution >= 4 is 17.5 Å². The monoisotopic (exact) mass is 245 g/mol. The van der Waals surface area contributed by atoms with Crippen LogP contribution in [-0.2, 0) is 11.2 Å². The highest BCUT2D eigenvalue weighted by molar-refractivity contribution is 6.31. The summed E-state index contributed by atoms with van der Waals surface area (Å²) in [5.41, 5.74) is 0.370. The average molecular weight is 246 g/mol. The highest BCUT2D eigenvalue weighted by Crippen LogP contribution is 2.18. The van der Waals surface area contributed by atoms with E-state index in [1.807, 2.05) is 0 Å². The third-order valence-electron chi connectivity index (χ3n) is 2.12. The highest BCUT2D eigenvalue weighted by Gasteiger charge is 2.10. The number of amides is 1. The topological polar surface area (TPSA) is 49.3 Å². The maximum atomic E-state index is 13.3. The number of rotatable bonds is 4. The van der Waals surface area contributed by atoms with Crippen LogP contribution in [0.3, 0.4) is 0 Å². The van der Waals surface area contributed by atoms with Gasteiger partial charge in [-0.3, -0.25) is 4.79 Å². The van der Waals surface area contributed by atoms with Crippen molar-refractivity contribution in [2.45, 2.75) is 19.4 Å². The summed E-state index contributed by atoms with van der Waals surface area (Å²) < 4.78 is 13.3. The lowest BCUT2D eigenvalue weighted by Gasteiger charge is -2.08. The first-order chi connectivity index (χ1) is 7.52. The summed E-state index contributed by atoms with van der Waals surface area (Å²) in [6.45, 7) is 1.61. The molecule has 0 bridgehead atoms. The Morgan fingerprint density at radius 2 is 2.31 bits per heavy atom. The highest BCUT2D eigenvalue weighted by atomic mass is 35.5. The molecular formula is C11H13ClFNO2. The van der Waals surface area contributed by atoms with Crippen LogP contribution < -0.4 is 5.32 Å². The summed E-state index contributed by atoms with van der Waals surface area (Å²) >= 11 is 5.81. The van der Waals surface area contributed by atoms with Crippen LogP contribution in [0.15, 0.2) is 18.2 Å². The third-order valence-corrected chi connectivity index (χ3v) is 2.47. The standard InChI is InChI=1S/C11H13ClFNO2/c1-7(15)11(16)14-6-5-8-9(12)3-2-4-10(8)13/h2-4,7,15H,5-6H2,1H3,(H,14,16). The van der Waals surface area contributed by atoms with Gasteiger partial charge in [-0.25, -0.2) is 4.39 Å². The van der Waals surface area contributed by atoms with Gasteiger partial charge in [0, 0.05) is 17.1 Å². The van der Waals surface area contributed by atoms with Gasteiger partial charge in [-0.05, 0) is 25.5 Å². The molecule has 0 saturated carbocycles. The molecule has 3 nitrogen and oxygen atoms in total. The van der Waals surface area contributed by atoms with E-state index in [2.05, 4.69) is 5.32 Å². The molecule has 2 N–H and O–H groups in total. The van der Waals surface area contributed by atoms with Crippen LogP contribution in [0.1, 0.15) is 12.5 Å². The van der Waals surface area contributed by atoms with Crippen molar-refractivity contribution in [3.63, 3.8) is 0 Å². The number of carbonyl (C=O) groups excluding carboxylic acids is 1.